The number of pyridine rings is 1. The summed E-state index contributed by atoms with van der Waals surface area (Å²) in [6.07, 6.45) is 5.74. The average Bonchev–Trinajstić information content (AvgIpc) is 2.20. The van der Waals surface area contributed by atoms with Gasteiger partial charge in [0, 0.05) is 25.0 Å². The highest BCUT2D eigenvalue weighted by Gasteiger charge is 2.23. The molecule has 0 aromatic carbocycles. The van der Waals surface area contributed by atoms with Crippen LogP contribution >= 0.6 is 0 Å². The lowest BCUT2D eigenvalue weighted by Crippen LogP contribution is -2.34. The lowest BCUT2D eigenvalue weighted by molar-refractivity contribution is 0.000101. The van der Waals surface area contributed by atoms with Crippen LogP contribution in [-0.2, 0) is 4.74 Å². The van der Waals surface area contributed by atoms with Gasteiger partial charge in [0.25, 0.3) is 0 Å². The van der Waals surface area contributed by atoms with E-state index < -0.39 is 0 Å². The van der Waals surface area contributed by atoms with Crippen LogP contribution in [-0.4, -0.2) is 17.6 Å². The second-order valence-corrected chi connectivity index (χ2v) is 3.38. The van der Waals surface area contributed by atoms with Crippen LogP contribution < -0.4 is 5.73 Å². The van der Waals surface area contributed by atoms with E-state index >= 15 is 0 Å². The maximum absolute atomic E-state index is 5.97. The molecule has 0 amide bonds. The number of hydrogen-bond donors (Lipinski definition) is 1. The molecule has 1 aliphatic heterocycles. The first-order valence-electron chi connectivity index (χ1n) is 4.65. The van der Waals surface area contributed by atoms with Crippen molar-refractivity contribution in [2.24, 2.45) is 5.73 Å². The third-order valence-corrected chi connectivity index (χ3v) is 2.40. The van der Waals surface area contributed by atoms with Gasteiger partial charge in [-0.2, -0.15) is 0 Å². The summed E-state index contributed by atoms with van der Waals surface area (Å²) in [6.45, 7) is 0.820. The summed E-state index contributed by atoms with van der Waals surface area (Å²) in [7, 11) is 0. The summed E-state index contributed by atoms with van der Waals surface area (Å²) in [5.74, 6) is 0. The quantitative estimate of drug-likeness (QED) is 0.704. The first kappa shape index (κ1) is 8.66. The molecule has 2 heterocycles. The van der Waals surface area contributed by atoms with Crippen molar-refractivity contribution in [3.63, 3.8) is 0 Å². The zero-order chi connectivity index (χ0) is 9.10. The largest absolute Gasteiger partial charge is 0.372 e. The van der Waals surface area contributed by atoms with Gasteiger partial charge in [-0.3, -0.25) is 4.98 Å². The molecular formula is C10H14N2O. The fourth-order valence-corrected chi connectivity index (χ4v) is 1.70. The fraction of sp³-hybridized carbons (Fsp3) is 0.500. The third kappa shape index (κ3) is 1.87. The molecule has 70 valence electrons. The van der Waals surface area contributed by atoms with Crippen molar-refractivity contribution in [3.05, 3.63) is 30.1 Å². The number of aromatic nitrogens is 1. The van der Waals surface area contributed by atoms with Crippen LogP contribution in [0.25, 0.3) is 0 Å². The standard InChI is InChI=1S/C10H14N2O/c11-9-2-1-7-13-10(9)8-3-5-12-6-4-8/h3-6,9-10H,1-2,7,11H2/t9-,10+/m0/s1. The van der Waals surface area contributed by atoms with Crippen LogP contribution in [0.5, 0.6) is 0 Å². The van der Waals surface area contributed by atoms with Gasteiger partial charge in [-0.15, -0.1) is 0 Å². The molecule has 0 saturated carbocycles. The molecule has 0 unspecified atom stereocenters. The van der Waals surface area contributed by atoms with Crippen LogP contribution in [0.1, 0.15) is 24.5 Å². The maximum Gasteiger partial charge on any atom is 0.0976 e. The van der Waals surface area contributed by atoms with Crippen LogP contribution in [0.4, 0.5) is 0 Å². The summed E-state index contributed by atoms with van der Waals surface area (Å²) in [5, 5.41) is 0. The van der Waals surface area contributed by atoms with E-state index in [-0.39, 0.29) is 12.1 Å². The van der Waals surface area contributed by atoms with Crippen molar-refractivity contribution in [1.82, 2.24) is 4.98 Å². The summed E-state index contributed by atoms with van der Waals surface area (Å²) in [6, 6.07) is 4.07. The Morgan fingerprint density at radius 3 is 2.85 bits per heavy atom. The van der Waals surface area contributed by atoms with Crippen molar-refractivity contribution >= 4 is 0 Å². The Bertz CT molecular complexity index is 263. The van der Waals surface area contributed by atoms with E-state index in [2.05, 4.69) is 4.98 Å². The van der Waals surface area contributed by atoms with Gasteiger partial charge in [-0.1, -0.05) is 0 Å². The Balaban J connectivity index is 2.15. The van der Waals surface area contributed by atoms with Crippen LogP contribution in [0.2, 0.25) is 0 Å². The maximum atomic E-state index is 5.97. The van der Waals surface area contributed by atoms with E-state index in [0.717, 1.165) is 25.0 Å². The minimum absolute atomic E-state index is 0.0664. The summed E-state index contributed by atoms with van der Waals surface area (Å²) in [4.78, 5) is 3.97. The molecule has 2 N–H and O–H groups in total. The van der Waals surface area contributed by atoms with Gasteiger partial charge in [-0.25, -0.2) is 0 Å². The number of rotatable bonds is 1. The first-order valence-corrected chi connectivity index (χ1v) is 4.65. The van der Waals surface area contributed by atoms with E-state index in [4.69, 9.17) is 10.5 Å². The molecule has 1 saturated heterocycles. The highest BCUT2D eigenvalue weighted by molar-refractivity contribution is 5.15. The zero-order valence-electron chi connectivity index (χ0n) is 7.52. The molecular weight excluding hydrogens is 164 g/mol. The first-order chi connectivity index (χ1) is 6.38. The van der Waals surface area contributed by atoms with Crippen molar-refractivity contribution in [1.29, 1.82) is 0 Å². The highest BCUT2D eigenvalue weighted by atomic mass is 16.5. The zero-order valence-corrected chi connectivity index (χ0v) is 7.52. The van der Waals surface area contributed by atoms with Gasteiger partial charge in [0.1, 0.15) is 0 Å². The van der Waals surface area contributed by atoms with Gasteiger partial charge >= 0.3 is 0 Å². The Labute approximate surface area is 77.9 Å². The molecule has 2 rings (SSSR count). The second kappa shape index (κ2) is 3.85. The minimum atomic E-state index is 0.0664. The monoisotopic (exact) mass is 178 g/mol. The Morgan fingerprint density at radius 1 is 1.38 bits per heavy atom. The van der Waals surface area contributed by atoms with Crippen molar-refractivity contribution in [2.75, 3.05) is 6.61 Å². The topological polar surface area (TPSA) is 48.1 Å². The normalized spacial score (nSPS) is 28.7. The Hall–Kier alpha value is -0.930. The number of ether oxygens (including phenoxy) is 1. The molecule has 1 fully saturated rings. The van der Waals surface area contributed by atoms with Gasteiger partial charge < -0.3 is 10.5 Å². The van der Waals surface area contributed by atoms with Crippen molar-refractivity contribution < 1.29 is 4.74 Å². The molecule has 3 heteroatoms. The van der Waals surface area contributed by atoms with E-state index in [0.29, 0.717) is 0 Å². The minimum Gasteiger partial charge on any atom is -0.372 e. The smallest absolute Gasteiger partial charge is 0.0976 e. The van der Waals surface area contributed by atoms with Crippen LogP contribution in [0.3, 0.4) is 0 Å². The van der Waals surface area contributed by atoms with Crippen molar-refractivity contribution in [3.8, 4) is 0 Å². The molecule has 1 aliphatic rings. The summed E-state index contributed by atoms with van der Waals surface area (Å²) < 4.78 is 5.62. The lowest BCUT2D eigenvalue weighted by Gasteiger charge is -2.29. The van der Waals surface area contributed by atoms with E-state index in [1.54, 1.807) is 12.4 Å². The highest BCUT2D eigenvalue weighted by Crippen LogP contribution is 2.26. The van der Waals surface area contributed by atoms with E-state index in [1.165, 1.54) is 0 Å². The van der Waals surface area contributed by atoms with Gasteiger partial charge in [0.2, 0.25) is 0 Å². The third-order valence-electron chi connectivity index (χ3n) is 2.40. The molecule has 2 atom stereocenters. The van der Waals surface area contributed by atoms with Gasteiger partial charge in [0.05, 0.1) is 6.10 Å². The summed E-state index contributed by atoms with van der Waals surface area (Å²) in [5.41, 5.74) is 7.11. The lowest BCUT2D eigenvalue weighted by atomic mass is 9.98. The molecule has 0 aliphatic carbocycles. The van der Waals surface area contributed by atoms with E-state index in [1.807, 2.05) is 12.1 Å². The molecule has 0 spiro atoms. The van der Waals surface area contributed by atoms with Crippen LogP contribution in [0, 0.1) is 0 Å². The van der Waals surface area contributed by atoms with E-state index in [9.17, 15) is 0 Å². The predicted octanol–water partition coefficient (Wildman–Crippen LogP) is 1.26. The number of nitrogens with two attached hydrogens (primary N) is 1. The average molecular weight is 178 g/mol. The Morgan fingerprint density at radius 2 is 2.15 bits per heavy atom. The molecule has 1 aromatic rings. The molecule has 0 radical (unpaired) electrons. The predicted molar refractivity (Wildman–Crippen MR) is 50.1 cm³/mol. The van der Waals surface area contributed by atoms with Gasteiger partial charge in [-0.05, 0) is 30.5 Å². The summed E-state index contributed by atoms with van der Waals surface area (Å²) >= 11 is 0. The van der Waals surface area contributed by atoms with Crippen molar-refractivity contribution in [2.45, 2.75) is 25.0 Å². The molecule has 3 nitrogen and oxygen atoms in total. The number of hydrogen-bond acceptors (Lipinski definition) is 3. The fourth-order valence-electron chi connectivity index (χ4n) is 1.70. The SMILES string of the molecule is N[C@H]1CCCO[C@@H]1c1ccncc1. The second-order valence-electron chi connectivity index (χ2n) is 3.38. The van der Waals surface area contributed by atoms with Crippen LogP contribution in [0.15, 0.2) is 24.5 Å². The van der Waals surface area contributed by atoms with Gasteiger partial charge in [0.15, 0.2) is 0 Å². The molecule has 13 heavy (non-hydrogen) atoms. The number of nitrogens with zero attached hydrogens (tertiary/aromatic N) is 1. The molecule has 1 aromatic heterocycles. The molecule has 0 bridgehead atoms. The Kier molecular flexibility index (Phi) is 2.57.